The van der Waals surface area contributed by atoms with Gasteiger partial charge in [0.15, 0.2) is 0 Å². The summed E-state index contributed by atoms with van der Waals surface area (Å²) in [6.07, 6.45) is 4.02. The van der Waals surface area contributed by atoms with Gasteiger partial charge in [0.05, 0.1) is 12.6 Å². The average Bonchev–Trinajstić information content (AvgIpc) is 3.46. The van der Waals surface area contributed by atoms with Gasteiger partial charge in [-0.25, -0.2) is 4.79 Å². The molecule has 2 heterocycles. The molecule has 0 radical (unpaired) electrons. The van der Waals surface area contributed by atoms with Gasteiger partial charge in [-0.05, 0) is 44.0 Å². The lowest BCUT2D eigenvalue weighted by molar-refractivity contribution is -0.150. The number of aromatic amines is 2. The van der Waals surface area contributed by atoms with Gasteiger partial charge in [0.1, 0.15) is 11.6 Å². The van der Waals surface area contributed by atoms with Crippen molar-refractivity contribution in [3.8, 4) is 0 Å². The van der Waals surface area contributed by atoms with Gasteiger partial charge in [-0.1, -0.05) is 36.4 Å². The van der Waals surface area contributed by atoms with Crippen molar-refractivity contribution in [2.24, 2.45) is 5.73 Å². The first-order valence-electron chi connectivity index (χ1n) is 12.1. The highest BCUT2D eigenvalue weighted by Gasteiger charge is 2.39. The number of aromatic nitrogens is 2. The molecule has 37 heavy (non-hydrogen) atoms. The van der Waals surface area contributed by atoms with Crippen LogP contribution in [0.25, 0.3) is 21.8 Å². The number of benzene rings is 2. The molecule has 0 aliphatic rings. The lowest BCUT2D eigenvalue weighted by Crippen LogP contribution is -2.61. The molecule has 0 saturated heterocycles. The Labute approximate surface area is 215 Å². The summed E-state index contributed by atoms with van der Waals surface area (Å²) in [5, 5.41) is 7.54. The number of carbonyl (C=O) groups is 3. The SMILES string of the molecule is COC(=O)C(C)(Cc1c[nH]c2ccccc12)NC(=O)[C@@H](Cc1c[nH]c2ccccc12)NC(=O)C(C)(C)N. The number of hydrogen-bond acceptors (Lipinski definition) is 5. The molecule has 9 nitrogen and oxygen atoms in total. The van der Waals surface area contributed by atoms with Crippen molar-refractivity contribution < 1.29 is 19.1 Å². The Morgan fingerprint density at radius 1 is 0.919 bits per heavy atom. The molecule has 0 bridgehead atoms. The second kappa shape index (κ2) is 10.1. The van der Waals surface area contributed by atoms with Crippen LogP contribution in [0.3, 0.4) is 0 Å². The Bertz CT molecular complexity index is 1450. The average molecular weight is 504 g/mol. The number of amides is 2. The van der Waals surface area contributed by atoms with Crippen molar-refractivity contribution in [2.75, 3.05) is 7.11 Å². The second-order valence-electron chi connectivity index (χ2n) is 10.2. The van der Waals surface area contributed by atoms with E-state index in [2.05, 4.69) is 20.6 Å². The van der Waals surface area contributed by atoms with E-state index in [-0.39, 0.29) is 12.8 Å². The minimum Gasteiger partial charge on any atom is -0.467 e. The fraction of sp³-hybridized carbons (Fsp3) is 0.321. The summed E-state index contributed by atoms with van der Waals surface area (Å²) in [5.41, 5.74) is 6.95. The maximum absolute atomic E-state index is 13.7. The molecule has 4 aromatic rings. The van der Waals surface area contributed by atoms with Gasteiger partial charge in [-0.3, -0.25) is 9.59 Å². The van der Waals surface area contributed by atoms with Crippen LogP contribution < -0.4 is 16.4 Å². The Kier molecular flexibility index (Phi) is 7.09. The molecule has 9 heteroatoms. The molecule has 0 aliphatic carbocycles. The summed E-state index contributed by atoms with van der Waals surface area (Å²) in [6, 6.07) is 14.4. The van der Waals surface area contributed by atoms with E-state index in [1.54, 1.807) is 20.8 Å². The molecule has 0 fully saturated rings. The van der Waals surface area contributed by atoms with E-state index in [1.165, 1.54) is 7.11 Å². The van der Waals surface area contributed by atoms with Crippen molar-refractivity contribution >= 4 is 39.6 Å². The van der Waals surface area contributed by atoms with Crippen LogP contribution in [0.5, 0.6) is 0 Å². The molecule has 0 saturated carbocycles. The largest absolute Gasteiger partial charge is 0.467 e. The van der Waals surface area contributed by atoms with Crippen LogP contribution in [0.2, 0.25) is 0 Å². The van der Waals surface area contributed by atoms with Gasteiger partial charge >= 0.3 is 5.97 Å². The summed E-state index contributed by atoms with van der Waals surface area (Å²) in [5.74, 6) is -1.60. The number of esters is 1. The smallest absolute Gasteiger partial charge is 0.331 e. The summed E-state index contributed by atoms with van der Waals surface area (Å²) >= 11 is 0. The molecule has 1 unspecified atom stereocenters. The summed E-state index contributed by atoms with van der Waals surface area (Å²) in [6.45, 7) is 4.76. The fourth-order valence-electron chi connectivity index (χ4n) is 4.48. The Morgan fingerprint density at radius 3 is 2.03 bits per heavy atom. The number of fused-ring (bicyclic) bond motifs is 2. The number of nitrogens with one attached hydrogen (secondary N) is 4. The van der Waals surface area contributed by atoms with E-state index in [0.29, 0.717) is 0 Å². The van der Waals surface area contributed by atoms with Gasteiger partial charge < -0.3 is 31.1 Å². The minimum atomic E-state index is -1.39. The highest BCUT2D eigenvalue weighted by molar-refractivity contribution is 5.95. The Morgan fingerprint density at radius 2 is 1.46 bits per heavy atom. The molecule has 4 rings (SSSR count). The zero-order valence-corrected chi connectivity index (χ0v) is 21.5. The Hall–Kier alpha value is -4.11. The van der Waals surface area contributed by atoms with E-state index in [0.717, 1.165) is 32.9 Å². The van der Waals surface area contributed by atoms with Crippen LogP contribution in [0.1, 0.15) is 31.9 Å². The predicted octanol–water partition coefficient (Wildman–Crippen LogP) is 2.70. The van der Waals surface area contributed by atoms with Crippen LogP contribution in [0, 0.1) is 0 Å². The van der Waals surface area contributed by atoms with E-state index < -0.39 is 34.9 Å². The van der Waals surface area contributed by atoms with Crippen molar-refractivity contribution in [3.63, 3.8) is 0 Å². The molecule has 2 aromatic heterocycles. The van der Waals surface area contributed by atoms with Crippen molar-refractivity contribution in [1.29, 1.82) is 0 Å². The first kappa shape index (κ1) is 26.0. The third kappa shape index (κ3) is 5.51. The molecule has 6 N–H and O–H groups in total. The standard InChI is InChI=1S/C28H33N5O4/c1-27(2,29)25(35)32-23(13-17-15-30-21-11-7-5-9-19(17)21)24(34)33-28(3,26(36)37-4)14-18-16-31-22-12-8-6-10-20(18)22/h5-12,15-16,23,30-31H,13-14,29H2,1-4H3,(H,32,35)(H,33,34)/t23-,28?/m1/s1. The number of hydrogen-bond donors (Lipinski definition) is 5. The van der Waals surface area contributed by atoms with Crippen LogP contribution >= 0.6 is 0 Å². The van der Waals surface area contributed by atoms with E-state index in [4.69, 9.17) is 10.5 Å². The summed E-state index contributed by atoms with van der Waals surface area (Å²) < 4.78 is 5.08. The molecule has 2 atom stereocenters. The van der Waals surface area contributed by atoms with Gasteiger partial charge in [0, 0.05) is 47.0 Å². The zero-order valence-electron chi connectivity index (χ0n) is 21.5. The number of para-hydroxylation sites is 2. The topological polar surface area (TPSA) is 142 Å². The van der Waals surface area contributed by atoms with Crippen LogP contribution in [-0.4, -0.2) is 52.0 Å². The summed E-state index contributed by atoms with van der Waals surface area (Å²) in [7, 11) is 1.28. The Balaban J connectivity index is 1.64. The second-order valence-corrected chi connectivity index (χ2v) is 10.2. The first-order chi connectivity index (χ1) is 17.5. The van der Waals surface area contributed by atoms with Crippen molar-refractivity contribution in [2.45, 2.75) is 50.7 Å². The van der Waals surface area contributed by atoms with E-state index in [9.17, 15) is 14.4 Å². The molecular weight excluding hydrogens is 470 g/mol. The van der Waals surface area contributed by atoms with Crippen LogP contribution in [0.15, 0.2) is 60.9 Å². The number of ether oxygens (including phenoxy) is 1. The maximum Gasteiger partial charge on any atom is 0.331 e. The van der Waals surface area contributed by atoms with Crippen LogP contribution in [0.4, 0.5) is 0 Å². The van der Waals surface area contributed by atoms with Crippen molar-refractivity contribution in [3.05, 3.63) is 72.1 Å². The fourth-order valence-corrected chi connectivity index (χ4v) is 4.48. The van der Waals surface area contributed by atoms with Crippen molar-refractivity contribution in [1.82, 2.24) is 20.6 Å². The maximum atomic E-state index is 13.7. The number of rotatable bonds is 9. The number of methoxy groups -OCH3 is 1. The van der Waals surface area contributed by atoms with E-state index in [1.807, 2.05) is 60.9 Å². The molecule has 0 aliphatic heterocycles. The predicted molar refractivity (Wildman–Crippen MR) is 143 cm³/mol. The molecule has 2 amide bonds. The quantitative estimate of drug-likeness (QED) is 0.223. The van der Waals surface area contributed by atoms with Gasteiger partial charge in [-0.15, -0.1) is 0 Å². The number of carbonyl (C=O) groups excluding carboxylic acids is 3. The molecule has 194 valence electrons. The normalized spacial score (nSPS) is 14.2. The number of nitrogens with two attached hydrogens (primary N) is 1. The molecule has 0 spiro atoms. The number of H-pyrrole nitrogens is 2. The highest BCUT2D eigenvalue weighted by atomic mass is 16.5. The summed E-state index contributed by atoms with van der Waals surface area (Å²) in [4.78, 5) is 45.9. The monoisotopic (exact) mass is 503 g/mol. The highest BCUT2D eigenvalue weighted by Crippen LogP contribution is 2.24. The lowest BCUT2D eigenvalue weighted by Gasteiger charge is -2.31. The van der Waals surface area contributed by atoms with Gasteiger partial charge in [0.25, 0.3) is 0 Å². The third-order valence-electron chi connectivity index (χ3n) is 6.56. The molecular formula is C28H33N5O4. The van der Waals surface area contributed by atoms with Gasteiger partial charge in [-0.2, -0.15) is 0 Å². The minimum absolute atomic E-state index is 0.186. The van der Waals surface area contributed by atoms with Crippen LogP contribution in [-0.2, 0) is 32.0 Å². The molecule has 2 aromatic carbocycles. The van der Waals surface area contributed by atoms with Gasteiger partial charge in [0.2, 0.25) is 11.8 Å². The first-order valence-corrected chi connectivity index (χ1v) is 12.1. The lowest BCUT2D eigenvalue weighted by atomic mass is 9.91. The van der Waals surface area contributed by atoms with E-state index >= 15 is 0 Å². The zero-order chi connectivity index (χ0) is 26.8. The third-order valence-corrected chi connectivity index (χ3v) is 6.56.